The number of benzene rings is 2. The smallest absolute Gasteiger partial charge is 0.330 e. The zero-order valence-electron chi connectivity index (χ0n) is 35.6. The van der Waals surface area contributed by atoms with E-state index in [1.54, 1.807) is 0 Å². The number of carbonyl (C=O) groups is 6. The van der Waals surface area contributed by atoms with Crippen molar-refractivity contribution in [3.05, 3.63) is 61.2 Å². The van der Waals surface area contributed by atoms with Crippen LogP contribution < -0.4 is 9.47 Å². The molecular formula is C49H62O12. The minimum Gasteiger partial charge on any atom is -0.462 e. The summed E-state index contributed by atoms with van der Waals surface area (Å²) in [5.74, 6) is 0.399. The second-order valence-electron chi connectivity index (χ2n) is 17.4. The maximum atomic E-state index is 13.6. The van der Waals surface area contributed by atoms with E-state index in [4.69, 9.17) is 28.4 Å². The molecule has 0 spiro atoms. The predicted molar refractivity (Wildman–Crippen MR) is 226 cm³/mol. The van der Waals surface area contributed by atoms with Crippen molar-refractivity contribution in [3.8, 4) is 11.5 Å². The van der Waals surface area contributed by atoms with Crippen LogP contribution in [0.5, 0.6) is 11.5 Å². The maximum absolute atomic E-state index is 13.6. The fourth-order valence-electron chi connectivity index (χ4n) is 10.3. The molecule has 0 saturated heterocycles. The van der Waals surface area contributed by atoms with Crippen LogP contribution in [0.25, 0.3) is 10.8 Å². The highest BCUT2D eigenvalue weighted by Crippen LogP contribution is 2.45. The van der Waals surface area contributed by atoms with Crippen LogP contribution in [0.15, 0.2) is 55.6 Å². The summed E-state index contributed by atoms with van der Waals surface area (Å²) >= 11 is 0. The van der Waals surface area contributed by atoms with Gasteiger partial charge in [0.2, 0.25) is 0 Å². The molecule has 4 saturated carbocycles. The van der Waals surface area contributed by atoms with Crippen LogP contribution in [0.2, 0.25) is 0 Å². The molecule has 0 unspecified atom stereocenters. The van der Waals surface area contributed by atoms with Crippen molar-refractivity contribution in [2.75, 3.05) is 26.4 Å². The Morgan fingerprint density at radius 3 is 1.23 bits per heavy atom. The van der Waals surface area contributed by atoms with Gasteiger partial charge in [-0.15, -0.1) is 0 Å². The average molecular weight is 843 g/mol. The van der Waals surface area contributed by atoms with Crippen LogP contribution in [0.4, 0.5) is 0 Å². The molecule has 2 aromatic rings. The molecule has 330 valence electrons. The second kappa shape index (κ2) is 22.2. The summed E-state index contributed by atoms with van der Waals surface area (Å²) in [5, 5.41) is 1.46. The number of hydrogen-bond donors (Lipinski definition) is 0. The standard InChI is InChI=1S/C49H62O12/c1-4-43(50)56-26-28-58-46(52)36-18-10-32(11-19-36)34-14-22-38(23-15-34)48(54)60-42-30-31(3)45(41-9-7-6-8-40(41)42)61-49(55)39-24-16-35(17-25-39)33-12-20-37(21-13-33)47(53)59-29-27-57-44(51)5-2/h4-9,30,32-39H,1-2,10-29H2,3H3. The normalized spacial score (nSPS) is 26.5. The van der Waals surface area contributed by atoms with E-state index >= 15 is 0 Å². The minimum atomic E-state index is -0.538. The molecule has 4 aliphatic rings. The van der Waals surface area contributed by atoms with Gasteiger partial charge in [0.05, 0.1) is 23.7 Å². The maximum Gasteiger partial charge on any atom is 0.330 e. The quantitative estimate of drug-likeness (QED) is 0.0521. The molecule has 0 bridgehead atoms. The zero-order valence-corrected chi connectivity index (χ0v) is 35.6. The van der Waals surface area contributed by atoms with E-state index in [1.165, 1.54) is 0 Å². The lowest BCUT2D eigenvalue weighted by atomic mass is 9.69. The first-order chi connectivity index (χ1) is 29.5. The Morgan fingerprint density at radius 2 is 0.836 bits per heavy atom. The Labute approximate surface area is 359 Å². The SMILES string of the molecule is C=CC(=O)OCCOC(=O)C1CCC(C2CCC(C(=O)Oc3cc(C)c(OC(=O)C4CCC(C5CCC(C(=O)OCCOC(=O)C=C)CC5)CC4)c4ccccc34)CC2)CC1. The zero-order chi connectivity index (χ0) is 43.3. The number of carbonyl (C=O) groups excluding carboxylic acids is 6. The molecule has 0 aromatic heterocycles. The fourth-order valence-corrected chi connectivity index (χ4v) is 10.3. The Bertz CT molecular complexity index is 1890. The van der Waals surface area contributed by atoms with Gasteiger partial charge >= 0.3 is 35.8 Å². The monoisotopic (exact) mass is 842 g/mol. The van der Waals surface area contributed by atoms with Crippen LogP contribution in [-0.2, 0) is 47.7 Å². The van der Waals surface area contributed by atoms with E-state index in [1.807, 2.05) is 37.3 Å². The van der Waals surface area contributed by atoms with Gasteiger partial charge < -0.3 is 28.4 Å². The largest absolute Gasteiger partial charge is 0.462 e. The fraction of sp³-hybridized carbons (Fsp3) is 0.592. The number of rotatable bonds is 16. The molecule has 0 radical (unpaired) electrons. The lowest BCUT2D eigenvalue weighted by Crippen LogP contribution is -2.32. The summed E-state index contributed by atoms with van der Waals surface area (Å²) in [5.41, 5.74) is 0.732. The third kappa shape index (κ3) is 12.3. The van der Waals surface area contributed by atoms with Crippen LogP contribution in [0.1, 0.15) is 108 Å². The van der Waals surface area contributed by atoms with E-state index in [9.17, 15) is 28.8 Å². The van der Waals surface area contributed by atoms with Crippen molar-refractivity contribution in [2.45, 2.75) is 110 Å². The van der Waals surface area contributed by atoms with Crippen LogP contribution >= 0.6 is 0 Å². The molecule has 61 heavy (non-hydrogen) atoms. The molecule has 12 heteroatoms. The number of esters is 6. The van der Waals surface area contributed by atoms with Crippen molar-refractivity contribution < 1.29 is 57.2 Å². The van der Waals surface area contributed by atoms with E-state index in [-0.39, 0.29) is 74.0 Å². The van der Waals surface area contributed by atoms with Gasteiger partial charge in [0.15, 0.2) is 0 Å². The number of hydrogen-bond acceptors (Lipinski definition) is 12. The molecule has 6 rings (SSSR count). The topological polar surface area (TPSA) is 158 Å². The van der Waals surface area contributed by atoms with Gasteiger partial charge in [-0.2, -0.15) is 0 Å². The molecule has 0 aliphatic heterocycles. The third-order valence-corrected chi connectivity index (χ3v) is 13.8. The van der Waals surface area contributed by atoms with E-state index < -0.39 is 11.9 Å². The van der Waals surface area contributed by atoms with Crippen LogP contribution in [0, 0.1) is 54.3 Å². The summed E-state index contributed by atoms with van der Waals surface area (Å²) in [6.07, 6.45) is 15.9. The van der Waals surface area contributed by atoms with Gasteiger partial charge in [0, 0.05) is 22.9 Å². The predicted octanol–water partition coefficient (Wildman–Crippen LogP) is 8.73. The van der Waals surface area contributed by atoms with Crippen molar-refractivity contribution >= 4 is 46.6 Å². The highest BCUT2D eigenvalue weighted by Gasteiger charge is 2.37. The molecule has 4 fully saturated rings. The van der Waals surface area contributed by atoms with E-state index in [2.05, 4.69) is 13.2 Å². The number of aryl methyl sites for hydroxylation is 1. The molecule has 0 N–H and O–H groups in total. The van der Waals surface area contributed by atoms with Crippen LogP contribution in [-0.4, -0.2) is 62.2 Å². The average Bonchev–Trinajstić information content (AvgIpc) is 3.30. The molecule has 0 amide bonds. The van der Waals surface area contributed by atoms with Gasteiger partial charge in [0.1, 0.15) is 37.9 Å². The Morgan fingerprint density at radius 1 is 0.492 bits per heavy atom. The molecule has 4 aliphatic carbocycles. The van der Waals surface area contributed by atoms with Gasteiger partial charge in [0.25, 0.3) is 0 Å². The van der Waals surface area contributed by atoms with Crippen LogP contribution in [0.3, 0.4) is 0 Å². The highest BCUT2D eigenvalue weighted by atomic mass is 16.6. The van der Waals surface area contributed by atoms with E-state index in [0.29, 0.717) is 35.2 Å². The van der Waals surface area contributed by atoms with Crippen molar-refractivity contribution in [1.82, 2.24) is 0 Å². The first-order valence-electron chi connectivity index (χ1n) is 22.4. The summed E-state index contributed by atoms with van der Waals surface area (Å²) in [6.45, 7) is 8.71. The van der Waals surface area contributed by atoms with Crippen molar-refractivity contribution in [2.24, 2.45) is 47.3 Å². The lowest BCUT2D eigenvalue weighted by Gasteiger charge is -2.37. The van der Waals surface area contributed by atoms with Crippen molar-refractivity contribution in [1.29, 1.82) is 0 Å². The molecule has 2 aromatic carbocycles. The number of ether oxygens (including phenoxy) is 6. The molecule has 12 nitrogen and oxygen atoms in total. The first kappa shape index (κ1) is 45.5. The first-order valence-corrected chi connectivity index (χ1v) is 22.4. The summed E-state index contributed by atoms with van der Waals surface area (Å²) in [6, 6.07) is 9.40. The Kier molecular flexibility index (Phi) is 16.6. The molecular weight excluding hydrogens is 781 g/mol. The van der Waals surface area contributed by atoms with Crippen molar-refractivity contribution in [3.63, 3.8) is 0 Å². The van der Waals surface area contributed by atoms with Gasteiger partial charge in [-0.1, -0.05) is 37.4 Å². The molecule has 0 heterocycles. The third-order valence-electron chi connectivity index (χ3n) is 13.8. The van der Waals surface area contributed by atoms with Gasteiger partial charge in [-0.3, -0.25) is 19.2 Å². The summed E-state index contributed by atoms with van der Waals surface area (Å²) in [7, 11) is 0. The van der Waals surface area contributed by atoms with E-state index in [0.717, 1.165) is 131 Å². The molecule has 0 atom stereocenters. The second-order valence-corrected chi connectivity index (χ2v) is 17.4. The minimum absolute atomic E-state index is 0.0204. The number of fused-ring (bicyclic) bond motifs is 1. The lowest BCUT2D eigenvalue weighted by molar-refractivity contribution is -0.154. The van der Waals surface area contributed by atoms with Gasteiger partial charge in [-0.25, -0.2) is 9.59 Å². The highest BCUT2D eigenvalue weighted by molar-refractivity contribution is 5.97. The Balaban J connectivity index is 0.929. The summed E-state index contributed by atoms with van der Waals surface area (Å²) in [4.78, 5) is 74.7. The Hall–Kier alpha value is -5.00. The van der Waals surface area contributed by atoms with Gasteiger partial charge in [-0.05, 0) is 145 Å². The summed E-state index contributed by atoms with van der Waals surface area (Å²) < 4.78 is 32.7.